The van der Waals surface area contributed by atoms with Crippen molar-refractivity contribution in [2.24, 2.45) is 0 Å². The highest BCUT2D eigenvalue weighted by Gasteiger charge is 2.01. The number of methoxy groups -OCH3 is 1. The number of hydrogen-bond donors (Lipinski definition) is 1. The van der Waals surface area contributed by atoms with E-state index in [1.54, 1.807) is 18.4 Å². The van der Waals surface area contributed by atoms with Gasteiger partial charge in [0.05, 0.1) is 6.61 Å². The molecule has 0 radical (unpaired) electrons. The van der Waals surface area contributed by atoms with Crippen LogP contribution in [0.2, 0.25) is 0 Å². The molecule has 0 atom stereocenters. The van der Waals surface area contributed by atoms with Crippen LogP contribution in [0.4, 0.5) is 5.95 Å². The van der Waals surface area contributed by atoms with Crippen LogP contribution in [0.5, 0.6) is 0 Å². The number of aromatic nitrogens is 2. The van der Waals surface area contributed by atoms with E-state index in [0.29, 0.717) is 6.61 Å². The molecule has 0 fully saturated rings. The number of imidazole rings is 1. The van der Waals surface area contributed by atoms with E-state index in [2.05, 4.69) is 32.4 Å². The first-order valence-electron chi connectivity index (χ1n) is 5.66. The van der Waals surface area contributed by atoms with E-state index in [1.807, 2.05) is 12.4 Å². The van der Waals surface area contributed by atoms with Gasteiger partial charge < -0.3 is 14.6 Å². The third-order valence-corrected chi connectivity index (χ3v) is 3.42. The lowest BCUT2D eigenvalue weighted by molar-refractivity contribution is 0.187. The Kier molecular flexibility index (Phi) is 4.58. The fraction of sp³-hybridized carbons (Fsp3) is 0.417. The van der Waals surface area contributed by atoms with Crippen LogP contribution in [0, 0.1) is 0 Å². The smallest absolute Gasteiger partial charge is 0.202 e. The number of rotatable bonds is 7. The fourth-order valence-corrected chi connectivity index (χ4v) is 2.31. The van der Waals surface area contributed by atoms with Gasteiger partial charge in [-0.05, 0) is 17.9 Å². The van der Waals surface area contributed by atoms with Gasteiger partial charge >= 0.3 is 0 Å². The predicted molar refractivity (Wildman–Crippen MR) is 70.6 cm³/mol. The minimum atomic E-state index is 0.704. The van der Waals surface area contributed by atoms with Gasteiger partial charge in [-0.2, -0.15) is 0 Å². The monoisotopic (exact) mass is 251 g/mol. The second kappa shape index (κ2) is 6.42. The molecule has 5 heteroatoms. The van der Waals surface area contributed by atoms with Gasteiger partial charge in [0, 0.05) is 37.5 Å². The molecule has 0 aromatic carbocycles. The Labute approximate surface area is 105 Å². The van der Waals surface area contributed by atoms with Crippen molar-refractivity contribution in [3.05, 3.63) is 34.8 Å². The quantitative estimate of drug-likeness (QED) is 0.820. The van der Waals surface area contributed by atoms with Gasteiger partial charge in [0.25, 0.3) is 0 Å². The van der Waals surface area contributed by atoms with Crippen LogP contribution in [0.1, 0.15) is 4.88 Å². The Bertz CT molecular complexity index is 425. The minimum Gasteiger partial charge on any atom is -0.383 e. The molecule has 0 unspecified atom stereocenters. The highest BCUT2D eigenvalue weighted by atomic mass is 32.1. The highest BCUT2D eigenvalue weighted by molar-refractivity contribution is 7.09. The topological polar surface area (TPSA) is 39.1 Å². The van der Waals surface area contributed by atoms with Crippen LogP contribution in [0.3, 0.4) is 0 Å². The third kappa shape index (κ3) is 3.57. The molecule has 0 aliphatic heterocycles. The van der Waals surface area contributed by atoms with Crippen molar-refractivity contribution in [3.8, 4) is 0 Å². The first-order valence-corrected chi connectivity index (χ1v) is 6.54. The molecule has 0 saturated carbocycles. The lowest BCUT2D eigenvalue weighted by atomic mass is 10.3. The van der Waals surface area contributed by atoms with Gasteiger partial charge in [0.2, 0.25) is 5.95 Å². The summed E-state index contributed by atoms with van der Waals surface area (Å²) in [5, 5.41) is 5.45. The van der Waals surface area contributed by atoms with Gasteiger partial charge in [0.1, 0.15) is 0 Å². The molecule has 0 aliphatic carbocycles. The molecular weight excluding hydrogens is 234 g/mol. The lowest BCUT2D eigenvalue weighted by Gasteiger charge is -2.08. The summed E-state index contributed by atoms with van der Waals surface area (Å²) in [6.45, 7) is 2.44. The van der Waals surface area contributed by atoms with Gasteiger partial charge in [-0.3, -0.25) is 0 Å². The Hall–Kier alpha value is -1.33. The van der Waals surface area contributed by atoms with E-state index in [0.717, 1.165) is 25.5 Å². The molecule has 0 amide bonds. The molecule has 2 aromatic heterocycles. The van der Waals surface area contributed by atoms with E-state index >= 15 is 0 Å². The molecule has 17 heavy (non-hydrogen) atoms. The molecule has 1 N–H and O–H groups in total. The van der Waals surface area contributed by atoms with Gasteiger partial charge in [-0.25, -0.2) is 4.98 Å². The Morgan fingerprint density at radius 1 is 1.53 bits per heavy atom. The Balaban J connectivity index is 1.80. The summed E-state index contributed by atoms with van der Waals surface area (Å²) in [6, 6.07) is 4.24. The maximum absolute atomic E-state index is 5.06. The first kappa shape index (κ1) is 12.1. The molecule has 2 heterocycles. The van der Waals surface area contributed by atoms with Crippen molar-refractivity contribution < 1.29 is 4.74 Å². The largest absolute Gasteiger partial charge is 0.383 e. The number of hydrogen-bond acceptors (Lipinski definition) is 4. The molecule has 0 aliphatic rings. The number of nitrogens with zero attached hydrogens (tertiary/aromatic N) is 2. The Morgan fingerprint density at radius 3 is 3.24 bits per heavy atom. The van der Waals surface area contributed by atoms with E-state index in [9.17, 15) is 0 Å². The van der Waals surface area contributed by atoms with E-state index in [1.165, 1.54) is 4.88 Å². The van der Waals surface area contributed by atoms with E-state index in [-0.39, 0.29) is 0 Å². The van der Waals surface area contributed by atoms with Crippen molar-refractivity contribution >= 4 is 17.3 Å². The average molecular weight is 251 g/mol. The van der Waals surface area contributed by atoms with Crippen molar-refractivity contribution in [3.63, 3.8) is 0 Å². The molecule has 2 aromatic rings. The average Bonchev–Trinajstić information content (AvgIpc) is 2.98. The van der Waals surface area contributed by atoms with Crippen molar-refractivity contribution in [2.75, 3.05) is 25.6 Å². The summed E-state index contributed by atoms with van der Waals surface area (Å²) in [6.07, 6.45) is 4.81. The van der Waals surface area contributed by atoms with Crippen LogP contribution in [-0.4, -0.2) is 29.8 Å². The summed E-state index contributed by atoms with van der Waals surface area (Å²) < 4.78 is 7.13. The van der Waals surface area contributed by atoms with Gasteiger partial charge in [-0.15, -0.1) is 11.3 Å². The van der Waals surface area contributed by atoms with Crippen LogP contribution >= 0.6 is 11.3 Å². The zero-order valence-electron chi connectivity index (χ0n) is 9.93. The van der Waals surface area contributed by atoms with Crippen LogP contribution in [-0.2, 0) is 17.7 Å². The van der Waals surface area contributed by atoms with Crippen molar-refractivity contribution in [1.82, 2.24) is 9.55 Å². The van der Waals surface area contributed by atoms with Gasteiger partial charge in [0.15, 0.2) is 0 Å². The maximum Gasteiger partial charge on any atom is 0.202 e. The number of nitrogens with one attached hydrogen (secondary N) is 1. The molecule has 92 valence electrons. The standard InChI is InChI=1S/C12H17N3OS/c1-16-9-8-15-7-6-14-12(15)13-5-4-11-3-2-10-17-11/h2-3,6-7,10H,4-5,8-9H2,1H3,(H,13,14). The molecule has 0 saturated heterocycles. The first-order chi connectivity index (χ1) is 8.40. The highest BCUT2D eigenvalue weighted by Crippen LogP contribution is 2.10. The number of thiophene rings is 1. The molecule has 2 rings (SSSR count). The van der Waals surface area contributed by atoms with Crippen LogP contribution in [0.25, 0.3) is 0 Å². The Morgan fingerprint density at radius 2 is 2.47 bits per heavy atom. The second-order valence-corrected chi connectivity index (χ2v) is 4.73. The predicted octanol–water partition coefficient (Wildman–Crippen LogP) is 2.25. The minimum absolute atomic E-state index is 0.704. The summed E-state index contributed by atoms with van der Waals surface area (Å²) in [5.74, 6) is 0.915. The van der Waals surface area contributed by atoms with E-state index < -0.39 is 0 Å². The zero-order chi connectivity index (χ0) is 11.9. The summed E-state index contributed by atoms with van der Waals surface area (Å²) in [5.41, 5.74) is 0. The molecular formula is C12H17N3OS. The summed E-state index contributed by atoms with van der Waals surface area (Å²) in [4.78, 5) is 5.68. The summed E-state index contributed by atoms with van der Waals surface area (Å²) in [7, 11) is 1.71. The van der Waals surface area contributed by atoms with Crippen molar-refractivity contribution in [1.29, 1.82) is 0 Å². The number of ether oxygens (including phenoxy) is 1. The third-order valence-electron chi connectivity index (χ3n) is 2.49. The molecule has 0 spiro atoms. The zero-order valence-corrected chi connectivity index (χ0v) is 10.7. The molecule has 4 nitrogen and oxygen atoms in total. The van der Waals surface area contributed by atoms with Gasteiger partial charge in [-0.1, -0.05) is 6.07 Å². The maximum atomic E-state index is 5.06. The fourth-order valence-electron chi connectivity index (χ4n) is 1.60. The molecule has 0 bridgehead atoms. The summed E-state index contributed by atoms with van der Waals surface area (Å²) >= 11 is 1.79. The van der Waals surface area contributed by atoms with Crippen molar-refractivity contribution in [2.45, 2.75) is 13.0 Å². The SMILES string of the molecule is COCCn1ccnc1NCCc1cccs1. The van der Waals surface area contributed by atoms with Crippen LogP contribution < -0.4 is 5.32 Å². The number of anilines is 1. The second-order valence-electron chi connectivity index (χ2n) is 3.69. The normalized spacial score (nSPS) is 10.6. The van der Waals surface area contributed by atoms with E-state index in [4.69, 9.17) is 4.74 Å². The lowest BCUT2D eigenvalue weighted by Crippen LogP contribution is -2.12. The van der Waals surface area contributed by atoms with Crippen LogP contribution in [0.15, 0.2) is 29.9 Å².